The first-order valence-corrected chi connectivity index (χ1v) is 8.80. The molecule has 0 amide bonds. The van der Waals surface area contributed by atoms with Gasteiger partial charge in [0.2, 0.25) is 0 Å². The van der Waals surface area contributed by atoms with Crippen LogP contribution in [0, 0.1) is 0 Å². The Morgan fingerprint density at radius 3 is 2.54 bits per heavy atom. The van der Waals surface area contributed by atoms with Crippen LogP contribution in [0.1, 0.15) is 6.92 Å². The molecule has 2 aromatic carbocycles. The van der Waals surface area contributed by atoms with Gasteiger partial charge in [-0.2, -0.15) is 10.2 Å². The highest BCUT2D eigenvalue weighted by molar-refractivity contribution is 8.02. The number of thioether (sulfide) groups is 1. The molecule has 1 unspecified atom stereocenters. The summed E-state index contributed by atoms with van der Waals surface area (Å²) in [5, 5.41) is 12.4. The summed E-state index contributed by atoms with van der Waals surface area (Å²) in [6.45, 7) is 2.09. The summed E-state index contributed by atoms with van der Waals surface area (Å²) in [6.07, 6.45) is 0. The smallest absolute Gasteiger partial charge is 0.193 e. The fourth-order valence-corrected chi connectivity index (χ4v) is 3.70. The van der Waals surface area contributed by atoms with Gasteiger partial charge in [-0.05, 0) is 18.4 Å². The summed E-state index contributed by atoms with van der Waals surface area (Å²) in [5.41, 5.74) is 5.32. The van der Waals surface area contributed by atoms with E-state index < -0.39 is 0 Å². The third kappa shape index (κ3) is 2.61. The number of hydrogen-bond acceptors (Lipinski definition) is 4. The molecule has 0 saturated heterocycles. The summed E-state index contributed by atoms with van der Waals surface area (Å²) >= 11 is 1.68. The van der Waals surface area contributed by atoms with Crippen molar-refractivity contribution in [2.75, 3.05) is 7.05 Å². The van der Waals surface area contributed by atoms with Crippen LogP contribution >= 0.6 is 11.8 Å². The SMILES string of the molecule is CC1=CSC(N=Nc2c(-c3ccccc3)[nH]c3ccccc23)N1C. The number of aromatic amines is 1. The molecular formula is C19H18N4S. The number of nitrogens with one attached hydrogen (secondary N) is 1. The second-order valence-corrected chi connectivity index (χ2v) is 6.74. The fraction of sp³-hybridized carbons (Fsp3) is 0.158. The largest absolute Gasteiger partial charge is 0.353 e. The Kier molecular flexibility index (Phi) is 3.86. The third-order valence-electron chi connectivity index (χ3n) is 4.25. The molecule has 5 heteroatoms. The van der Waals surface area contributed by atoms with E-state index in [0.717, 1.165) is 27.8 Å². The van der Waals surface area contributed by atoms with Gasteiger partial charge in [-0.3, -0.25) is 0 Å². The van der Waals surface area contributed by atoms with Crippen molar-refractivity contribution in [3.8, 4) is 11.3 Å². The summed E-state index contributed by atoms with van der Waals surface area (Å²) in [7, 11) is 2.04. The molecule has 1 aliphatic rings. The van der Waals surface area contributed by atoms with E-state index in [1.165, 1.54) is 5.70 Å². The lowest BCUT2D eigenvalue weighted by atomic mass is 10.1. The maximum Gasteiger partial charge on any atom is 0.193 e. The molecule has 1 aliphatic heterocycles. The molecule has 0 spiro atoms. The maximum absolute atomic E-state index is 4.64. The van der Waals surface area contributed by atoms with Crippen molar-refractivity contribution in [3.63, 3.8) is 0 Å². The van der Waals surface area contributed by atoms with Crippen molar-refractivity contribution in [2.24, 2.45) is 10.2 Å². The topological polar surface area (TPSA) is 43.8 Å². The van der Waals surface area contributed by atoms with Gasteiger partial charge in [-0.25, -0.2) is 0 Å². The molecule has 1 aromatic heterocycles. The number of fused-ring (bicyclic) bond motifs is 1. The number of benzene rings is 2. The van der Waals surface area contributed by atoms with Crippen LogP contribution in [-0.2, 0) is 0 Å². The van der Waals surface area contributed by atoms with Gasteiger partial charge in [0.15, 0.2) is 5.50 Å². The van der Waals surface area contributed by atoms with E-state index in [-0.39, 0.29) is 5.50 Å². The van der Waals surface area contributed by atoms with E-state index in [0.29, 0.717) is 0 Å². The number of rotatable bonds is 3. The Morgan fingerprint density at radius 1 is 1.04 bits per heavy atom. The average Bonchev–Trinajstić information content (AvgIpc) is 3.15. The van der Waals surface area contributed by atoms with E-state index in [1.54, 1.807) is 11.8 Å². The van der Waals surface area contributed by atoms with Crippen molar-refractivity contribution in [1.82, 2.24) is 9.88 Å². The van der Waals surface area contributed by atoms with Crippen molar-refractivity contribution >= 4 is 28.4 Å². The van der Waals surface area contributed by atoms with E-state index >= 15 is 0 Å². The van der Waals surface area contributed by atoms with Gasteiger partial charge in [-0.1, -0.05) is 60.3 Å². The van der Waals surface area contributed by atoms with E-state index in [1.807, 2.05) is 37.4 Å². The van der Waals surface area contributed by atoms with Crippen molar-refractivity contribution in [3.05, 3.63) is 65.7 Å². The molecule has 1 N–H and O–H groups in total. The van der Waals surface area contributed by atoms with Gasteiger partial charge in [0.05, 0.1) is 5.69 Å². The van der Waals surface area contributed by atoms with Crippen LogP contribution in [0.4, 0.5) is 5.69 Å². The van der Waals surface area contributed by atoms with Crippen LogP contribution in [0.5, 0.6) is 0 Å². The van der Waals surface area contributed by atoms with E-state index in [2.05, 4.69) is 56.7 Å². The van der Waals surface area contributed by atoms with Gasteiger partial charge < -0.3 is 9.88 Å². The second kappa shape index (κ2) is 6.17. The lowest BCUT2D eigenvalue weighted by Crippen LogP contribution is -2.20. The number of azo groups is 1. The average molecular weight is 334 g/mol. The lowest BCUT2D eigenvalue weighted by molar-refractivity contribution is 0.403. The van der Waals surface area contributed by atoms with Gasteiger partial charge in [-0.15, -0.1) is 0 Å². The zero-order chi connectivity index (χ0) is 16.5. The highest BCUT2D eigenvalue weighted by Gasteiger charge is 2.20. The van der Waals surface area contributed by atoms with Crippen LogP contribution < -0.4 is 0 Å². The number of hydrogen-bond donors (Lipinski definition) is 1. The molecule has 0 aliphatic carbocycles. The molecule has 0 radical (unpaired) electrons. The minimum absolute atomic E-state index is 0.00212. The molecular weight excluding hydrogens is 316 g/mol. The first kappa shape index (κ1) is 15.0. The van der Waals surface area contributed by atoms with Crippen LogP contribution in [0.2, 0.25) is 0 Å². The number of aromatic nitrogens is 1. The second-order valence-electron chi connectivity index (χ2n) is 5.81. The molecule has 2 heterocycles. The maximum atomic E-state index is 4.64. The first-order valence-electron chi connectivity index (χ1n) is 7.86. The summed E-state index contributed by atoms with van der Waals surface area (Å²) in [5.74, 6) is 0. The van der Waals surface area contributed by atoms with E-state index in [4.69, 9.17) is 0 Å². The Hall–Kier alpha value is -2.53. The molecule has 3 aromatic rings. The predicted molar refractivity (Wildman–Crippen MR) is 101 cm³/mol. The Bertz CT molecular complexity index is 927. The zero-order valence-electron chi connectivity index (χ0n) is 13.6. The van der Waals surface area contributed by atoms with E-state index in [9.17, 15) is 0 Å². The standard InChI is InChI=1S/C19H18N4S/c1-13-12-24-19(23(13)2)22-21-18-15-10-6-7-11-16(15)20-17(18)14-8-4-3-5-9-14/h3-12,19-20H,1-2H3. The Balaban J connectivity index is 1.79. The van der Waals surface area contributed by atoms with Crippen LogP contribution in [0.25, 0.3) is 22.2 Å². The predicted octanol–water partition coefficient (Wildman–Crippen LogP) is 5.74. The molecule has 4 rings (SSSR count). The molecule has 1 atom stereocenters. The molecule has 0 saturated carbocycles. The highest BCUT2D eigenvalue weighted by atomic mass is 32.2. The number of para-hydroxylation sites is 1. The fourth-order valence-electron chi connectivity index (χ4n) is 2.76. The normalized spacial score (nSPS) is 17.8. The lowest BCUT2D eigenvalue weighted by Gasteiger charge is -2.17. The molecule has 4 nitrogen and oxygen atoms in total. The molecule has 0 fully saturated rings. The zero-order valence-corrected chi connectivity index (χ0v) is 14.4. The monoisotopic (exact) mass is 334 g/mol. The molecule has 120 valence electrons. The van der Waals surface area contributed by atoms with Crippen molar-refractivity contribution < 1.29 is 0 Å². The third-order valence-corrected chi connectivity index (χ3v) is 5.38. The van der Waals surface area contributed by atoms with Gasteiger partial charge in [0.25, 0.3) is 0 Å². The number of nitrogens with zero attached hydrogens (tertiary/aromatic N) is 3. The molecule has 0 bridgehead atoms. The highest BCUT2D eigenvalue weighted by Crippen LogP contribution is 2.38. The van der Waals surface area contributed by atoms with Crippen LogP contribution in [0.15, 0.2) is 75.9 Å². The van der Waals surface area contributed by atoms with Crippen LogP contribution in [-0.4, -0.2) is 22.4 Å². The number of H-pyrrole nitrogens is 1. The van der Waals surface area contributed by atoms with Crippen LogP contribution in [0.3, 0.4) is 0 Å². The Morgan fingerprint density at radius 2 is 1.79 bits per heavy atom. The number of allylic oxidation sites excluding steroid dienone is 1. The summed E-state index contributed by atoms with van der Waals surface area (Å²) in [4.78, 5) is 5.62. The minimum atomic E-state index is 0.00212. The van der Waals surface area contributed by atoms with Gasteiger partial charge >= 0.3 is 0 Å². The van der Waals surface area contributed by atoms with Crippen molar-refractivity contribution in [2.45, 2.75) is 12.4 Å². The summed E-state index contributed by atoms with van der Waals surface area (Å²) in [6, 6.07) is 18.5. The van der Waals surface area contributed by atoms with Crippen molar-refractivity contribution in [1.29, 1.82) is 0 Å². The minimum Gasteiger partial charge on any atom is -0.353 e. The quantitative estimate of drug-likeness (QED) is 0.620. The Labute approximate surface area is 145 Å². The summed E-state index contributed by atoms with van der Waals surface area (Å²) < 4.78 is 0. The first-order chi connectivity index (χ1) is 11.7. The van der Waals surface area contributed by atoms with Gasteiger partial charge in [0.1, 0.15) is 5.69 Å². The van der Waals surface area contributed by atoms with Gasteiger partial charge in [0, 0.05) is 29.2 Å². The molecule has 24 heavy (non-hydrogen) atoms.